The Bertz CT molecular complexity index is 3110. The molecule has 0 atom stereocenters. The van der Waals surface area contributed by atoms with Crippen LogP contribution in [0.15, 0.2) is 212 Å². The zero-order valence-electron chi connectivity index (χ0n) is 34.0. The van der Waals surface area contributed by atoms with E-state index in [0.29, 0.717) is 11.5 Å². The van der Waals surface area contributed by atoms with Gasteiger partial charge in [-0.25, -0.2) is 0 Å². The minimum absolute atomic E-state index is 0. The molecule has 10 aromatic rings. The number of hydrogen-bond donors (Lipinski definition) is 1. The first-order valence-electron chi connectivity index (χ1n) is 20.7. The predicted octanol–water partition coefficient (Wildman–Crippen LogP) is 15.3. The van der Waals surface area contributed by atoms with Gasteiger partial charge in [0.1, 0.15) is 0 Å². The van der Waals surface area contributed by atoms with Crippen molar-refractivity contribution < 1.29 is 25.8 Å². The summed E-state index contributed by atoms with van der Waals surface area (Å²) >= 11 is 0. The van der Waals surface area contributed by atoms with Crippen LogP contribution < -0.4 is 19.4 Å². The fourth-order valence-corrected chi connectivity index (χ4v) is 8.44. The van der Waals surface area contributed by atoms with Crippen LogP contribution in [0.4, 0.5) is 39.8 Å². The normalized spacial score (nSPS) is 12.5. The van der Waals surface area contributed by atoms with E-state index in [9.17, 15) is 0 Å². The van der Waals surface area contributed by atoms with Crippen molar-refractivity contribution in [1.29, 1.82) is 0 Å². The molecule has 1 aromatic heterocycles. The Morgan fingerprint density at radius 1 is 0.492 bits per heavy atom. The van der Waals surface area contributed by atoms with Crippen LogP contribution in [0.3, 0.4) is 0 Å². The Hall–Kier alpha value is -7.53. The molecule has 3 heterocycles. The second kappa shape index (κ2) is 17.4. The molecule has 0 radical (unpaired) electrons. The summed E-state index contributed by atoms with van der Waals surface area (Å²) < 4.78 is 6.35. The number of fused-ring (bicyclic) bond motifs is 5. The van der Waals surface area contributed by atoms with Crippen LogP contribution >= 0.6 is 0 Å². The number of anilines is 6. The molecule has 2 aliphatic rings. The molecule has 12 rings (SSSR count). The summed E-state index contributed by atoms with van der Waals surface area (Å²) in [5, 5.41) is 6.78. The molecule has 2 aliphatic heterocycles. The van der Waals surface area contributed by atoms with Crippen molar-refractivity contribution in [2.45, 2.75) is 0 Å². The average molecular weight is 993 g/mol. The second-order valence-electron chi connectivity index (χ2n) is 15.1. The van der Waals surface area contributed by atoms with Gasteiger partial charge >= 0.3 is 21.1 Å². The molecule has 7 heteroatoms. The molecule has 0 saturated heterocycles. The van der Waals surface area contributed by atoms with Crippen LogP contribution in [0.5, 0.6) is 11.5 Å². The summed E-state index contributed by atoms with van der Waals surface area (Å²) in [6, 6.07) is 80.1. The number of aromatic nitrogens is 1. The van der Waals surface area contributed by atoms with Crippen molar-refractivity contribution in [1.82, 2.24) is 4.98 Å². The number of nitrogens with zero attached hydrogens (tertiary/aromatic N) is 4. The van der Waals surface area contributed by atoms with Crippen molar-refractivity contribution in [2.24, 2.45) is 0 Å². The van der Waals surface area contributed by atoms with E-state index < -0.39 is 0 Å². The fraction of sp³-hybridized carbons (Fsp3) is 0.0179. The van der Waals surface area contributed by atoms with E-state index in [0.717, 1.165) is 73.8 Å². The maximum Gasteiger partial charge on any atom is 4.00 e. The van der Waals surface area contributed by atoms with Gasteiger partial charge in [-0.15, -0.1) is 53.8 Å². The summed E-state index contributed by atoms with van der Waals surface area (Å²) in [5.74, 6) is 1.25. The van der Waals surface area contributed by atoms with Crippen LogP contribution in [0.25, 0.3) is 49.4 Å². The molecule has 1 N–H and O–H groups in total. The van der Waals surface area contributed by atoms with Gasteiger partial charge in [0.2, 0.25) is 0 Å². The topological polar surface area (TPSA) is 48.8 Å². The third-order valence-corrected chi connectivity index (χ3v) is 11.3. The molecule has 0 fully saturated rings. The monoisotopic (exact) mass is 992 g/mol. The Labute approximate surface area is 381 Å². The Morgan fingerprint density at radius 2 is 1.08 bits per heavy atom. The standard InChI is InChI=1S/C43H28N3O.C13H11N2.Pt/c1-3-13-30(14-4-1)35-20-12-21-36(31-15-5-2-6-16-31)43(35)46-29-45(41-23-9-10-24-42(41)46)32-17-11-18-33(27-32)47-34-25-26-38-37-19-7-8-22-39(37)44-40(38)28-34;1-2-6-11(7-3-1)15-10-14-12-8-4-5-9-13(12)15;/h1-26,29,44H;1-9H,10H2;/q-3;-1;+4. The van der Waals surface area contributed by atoms with Gasteiger partial charge < -0.3 is 29.7 Å². The van der Waals surface area contributed by atoms with Gasteiger partial charge in [-0.05, 0) is 59.6 Å². The maximum absolute atomic E-state index is 6.35. The van der Waals surface area contributed by atoms with Crippen molar-refractivity contribution in [3.05, 3.63) is 236 Å². The summed E-state index contributed by atoms with van der Waals surface area (Å²) in [5.41, 5.74) is 14.3. The second-order valence-corrected chi connectivity index (χ2v) is 15.1. The first kappa shape index (κ1) is 39.6. The van der Waals surface area contributed by atoms with Crippen molar-refractivity contribution in [2.75, 3.05) is 21.4 Å². The van der Waals surface area contributed by atoms with Crippen LogP contribution in [0.1, 0.15) is 0 Å². The van der Waals surface area contributed by atoms with E-state index in [2.05, 4.69) is 220 Å². The molecule has 304 valence electrons. The molecule has 0 spiro atoms. The smallest absolute Gasteiger partial charge is 0.666 e. The van der Waals surface area contributed by atoms with Gasteiger partial charge in [-0.3, -0.25) is 0 Å². The minimum atomic E-state index is 0. The minimum Gasteiger partial charge on any atom is -0.666 e. The van der Waals surface area contributed by atoms with Gasteiger partial charge in [0.25, 0.3) is 0 Å². The van der Waals surface area contributed by atoms with Crippen LogP contribution in [-0.2, 0) is 21.1 Å². The molecular formula is C56H39N5OPt. The molecule has 6 nitrogen and oxygen atoms in total. The van der Waals surface area contributed by atoms with Crippen molar-refractivity contribution >= 4 is 61.6 Å². The predicted molar refractivity (Wildman–Crippen MR) is 255 cm³/mol. The number of aromatic amines is 1. The molecule has 0 unspecified atom stereocenters. The van der Waals surface area contributed by atoms with E-state index >= 15 is 0 Å². The molecule has 9 aromatic carbocycles. The van der Waals surface area contributed by atoms with Crippen LogP contribution in [0, 0.1) is 18.8 Å². The van der Waals surface area contributed by atoms with Gasteiger partial charge in [-0.1, -0.05) is 151 Å². The average Bonchev–Trinajstić information content (AvgIpc) is 4.06. The van der Waals surface area contributed by atoms with E-state index in [1.807, 2.05) is 36.4 Å². The quantitative estimate of drug-likeness (QED) is 0.162. The largest absolute Gasteiger partial charge is 4.00 e. The summed E-state index contributed by atoms with van der Waals surface area (Å²) in [4.78, 5) is 10.2. The van der Waals surface area contributed by atoms with Crippen molar-refractivity contribution in [3.8, 4) is 33.8 Å². The van der Waals surface area contributed by atoms with E-state index in [1.54, 1.807) is 0 Å². The zero-order valence-corrected chi connectivity index (χ0v) is 36.3. The third kappa shape index (κ3) is 7.71. The SMILES string of the molecule is [Pt+4].[c-]1c(Oc2[c-]c3[nH]c4ccccc4c3cc2)cccc1N1[CH-]N(c2c(-c3ccccc3)cccc2-c2ccccc2)c2ccccc21.c1ccc(N2C[N-]c3ccccc32)cc1. The van der Waals surface area contributed by atoms with E-state index in [1.165, 1.54) is 16.8 Å². The number of rotatable bonds is 7. The Morgan fingerprint density at radius 3 is 1.81 bits per heavy atom. The summed E-state index contributed by atoms with van der Waals surface area (Å²) in [7, 11) is 0. The Balaban J connectivity index is 0.000000248. The maximum atomic E-state index is 6.35. The number of H-pyrrole nitrogens is 1. The fourth-order valence-electron chi connectivity index (χ4n) is 8.44. The van der Waals surface area contributed by atoms with Gasteiger partial charge in [-0.2, -0.15) is 12.1 Å². The number of hydrogen-bond acceptors (Lipinski definition) is 4. The van der Waals surface area contributed by atoms with Gasteiger partial charge in [0.15, 0.2) is 0 Å². The number of ether oxygens (including phenoxy) is 1. The molecule has 63 heavy (non-hydrogen) atoms. The number of nitrogens with one attached hydrogen (secondary N) is 1. The van der Waals surface area contributed by atoms with Gasteiger partial charge in [0, 0.05) is 56.6 Å². The van der Waals surface area contributed by atoms with Gasteiger partial charge in [0.05, 0.1) is 0 Å². The molecular weight excluding hydrogens is 954 g/mol. The molecule has 0 aliphatic carbocycles. The number of benzene rings is 9. The van der Waals surface area contributed by atoms with Crippen LogP contribution in [-0.4, -0.2) is 11.7 Å². The number of para-hydroxylation sites is 7. The van der Waals surface area contributed by atoms with Crippen molar-refractivity contribution in [3.63, 3.8) is 0 Å². The first-order valence-corrected chi connectivity index (χ1v) is 20.7. The van der Waals surface area contributed by atoms with E-state index in [-0.39, 0.29) is 21.1 Å². The van der Waals surface area contributed by atoms with E-state index in [4.69, 9.17) is 4.74 Å². The zero-order chi connectivity index (χ0) is 41.2. The summed E-state index contributed by atoms with van der Waals surface area (Å²) in [6.45, 7) is 2.89. The summed E-state index contributed by atoms with van der Waals surface area (Å²) in [6.07, 6.45) is 0. The molecule has 0 bridgehead atoms. The third-order valence-electron chi connectivity index (χ3n) is 11.3. The first-order chi connectivity index (χ1) is 30.7. The Kier molecular flexibility index (Phi) is 11.0. The molecule has 0 saturated carbocycles. The van der Waals surface area contributed by atoms with Crippen LogP contribution in [0.2, 0.25) is 0 Å². The molecule has 0 amide bonds.